The Morgan fingerprint density at radius 3 is 1.95 bits per heavy atom. The fourth-order valence-corrected chi connectivity index (χ4v) is 11.1. The summed E-state index contributed by atoms with van der Waals surface area (Å²) in [6.45, 7) is 11.5. The predicted octanol–water partition coefficient (Wildman–Crippen LogP) is 12.8. The van der Waals surface area contributed by atoms with E-state index in [4.69, 9.17) is 23.2 Å². The number of unbranched alkanes of at least 4 members (excludes halogenated alkanes) is 2. The zero-order valence-corrected chi connectivity index (χ0v) is 42.1. The van der Waals surface area contributed by atoms with Gasteiger partial charge in [0.15, 0.2) is 6.54 Å². The molecule has 1 aromatic heterocycles. The lowest BCUT2D eigenvalue weighted by molar-refractivity contribution is -0.669. The largest absolute Gasteiger partial charge is 0.335 e. The summed E-state index contributed by atoms with van der Waals surface area (Å²) in [5, 5.41) is 6.32. The first-order valence-electron chi connectivity index (χ1n) is 21.9. The van der Waals surface area contributed by atoms with Crippen LogP contribution in [0.2, 0.25) is 10.0 Å². The predicted molar refractivity (Wildman–Crippen MR) is 275 cm³/mol. The number of allylic oxidation sites excluding steroid dienone is 5. The molecule has 2 heterocycles. The van der Waals surface area contributed by atoms with Gasteiger partial charge in [0.2, 0.25) is 5.52 Å². The van der Waals surface area contributed by atoms with Crippen LogP contribution in [0.1, 0.15) is 71.2 Å². The molecule has 0 spiro atoms. The average Bonchev–Trinajstić information content (AvgIpc) is 3.96. The molecule has 348 valence electrons. The number of nitrogens with one attached hydrogen (secondary N) is 1. The number of hydrogen-bond donors (Lipinski definition) is 3. The van der Waals surface area contributed by atoms with Crippen molar-refractivity contribution in [2.45, 2.75) is 77.7 Å². The minimum atomic E-state index is -4.05. The third-order valence-corrected chi connectivity index (χ3v) is 14.7. The van der Waals surface area contributed by atoms with Crippen LogP contribution < -0.4 is 19.7 Å². The van der Waals surface area contributed by atoms with Crippen LogP contribution in [0.15, 0.2) is 142 Å². The Bertz CT molecular complexity index is 2670. The molecule has 0 radical (unpaired) electrons. The van der Waals surface area contributed by atoms with Crippen LogP contribution in [0.5, 0.6) is 0 Å². The fraction of sp³-hybridized carbons (Fsp3) is 0.327. The molecule has 16 heteroatoms. The summed E-state index contributed by atoms with van der Waals surface area (Å²) in [4.78, 5) is 5.52. The minimum absolute atomic E-state index is 0.290. The van der Waals surface area contributed by atoms with Gasteiger partial charge in [0.05, 0.1) is 27.9 Å². The number of hydrogen-bond acceptors (Lipinski definition) is 9. The van der Waals surface area contributed by atoms with Gasteiger partial charge in [-0.05, 0) is 123 Å². The Kier molecular flexibility index (Phi) is 20.2. The number of thioether (sulfide) groups is 1. The molecule has 1 aliphatic carbocycles. The van der Waals surface area contributed by atoms with Crippen molar-refractivity contribution in [2.75, 3.05) is 40.9 Å². The van der Waals surface area contributed by atoms with E-state index >= 15 is 0 Å². The van der Waals surface area contributed by atoms with E-state index in [0.29, 0.717) is 48.8 Å². The van der Waals surface area contributed by atoms with E-state index in [2.05, 4.69) is 82.1 Å². The summed E-state index contributed by atoms with van der Waals surface area (Å²) in [5.74, 6) is -0.579. The second-order valence-corrected chi connectivity index (χ2v) is 21.1. The molecule has 0 unspecified atom stereocenters. The van der Waals surface area contributed by atoms with Crippen LogP contribution in [0.4, 0.5) is 17.1 Å². The van der Waals surface area contributed by atoms with Gasteiger partial charge in [-0.3, -0.25) is 9.11 Å². The van der Waals surface area contributed by atoms with E-state index in [1.807, 2.05) is 86.6 Å². The number of rotatable bonds is 18. The molecular formula is C49H59Cl2N4O6S4+. The van der Waals surface area contributed by atoms with Crippen molar-refractivity contribution < 1.29 is 30.5 Å². The SMILES string of the molecule is CC.CCNCC.O=S(=O)(O)CCCCN1/C(=C/C=C2\CCC(/C=C/c3sc4ccc(Cl)cc4[n+]3CCCCS(=O)(=O)O)=C2N(c2ccccc2)c2ccccc2)Sc2ccc(Cl)cc21. The molecule has 5 aromatic rings. The molecule has 4 aromatic carbocycles. The van der Waals surface area contributed by atoms with E-state index in [-0.39, 0.29) is 11.5 Å². The number of halogens is 2. The Labute approximate surface area is 403 Å². The van der Waals surface area contributed by atoms with Gasteiger partial charge in [-0.2, -0.15) is 21.4 Å². The standard InChI is InChI=1S/C43H41Cl2N3O6S4.C4H11N.C2H6/c44-33-19-21-39-37(29-33)46(25-7-9-27-57(49,50)51)41(55-39)23-17-31-15-16-32(43(31)48(35-11-3-1-4-12-35)36-13-5-2-6-14-36)18-24-42-47(26-8-10-28-58(52,53)54)38-30-34(45)20-22-40(38)56-42;1-3-5-4-2;1-2/h1-6,11-14,17-24,29-30H,7-10,15-16,25-28H2,(H-,49,50,51,52,53,54);5H,3-4H2,1-2H3;1-2H3/p+1. The van der Waals surface area contributed by atoms with Gasteiger partial charge < -0.3 is 15.1 Å². The van der Waals surface area contributed by atoms with Crippen LogP contribution in [0.3, 0.4) is 0 Å². The highest BCUT2D eigenvalue weighted by Gasteiger charge is 2.29. The van der Waals surface area contributed by atoms with Crippen molar-refractivity contribution in [2.24, 2.45) is 0 Å². The summed E-state index contributed by atoms with van der Waals surface area (Å²) < 4.78 is 67.6. The second kappa shape index (κ2) is 25.3. The molecule has 1 aliphatic heterocycles. The maximum absolute atomic E-state index is 11.4. The molecule has 3 N–H and O–H groups in total. The summed E-state index contributed by atoms with van der Waals surface area (Å²) in [6.07, 6.45) is 12.0. The van der Waals surface area contributed by atoms with Gasteiger partial charge in [-0.15, -0.1) is 0 Å². The van der Waals surface area contributed by atoms with E-state index in [0.717, 1.165) is 85.0 Å². The smallest absolute Gasteiger partial charge is 0.264 e. The minimum Gasteiger partial charge on any atom is -0.335 e. The molecule has 0 bridgehead atoms. The Morgan fingerprint density at radius 1 is 0.754 bits per heavy atom. The number of para-hydroxylation sites is 2. The molecule has 0 fully saturated rings. The molecule has 0 atom stereocenters. The fourth-order valence-electron chi connectivity index (χ4n) is 7.45. The molecule has 0 amide bonds. The number of aryl methyl sites for hydroxylation is 1. The first-order valence-corrected chi connectivity index (χ1v) is 27.6. The first-order chi connectivity index (χ1) is 31.2. The van der Waals surface area contributed by atoms with Gasteiger partial charge in [-0.1, -0.05) is 116 Å². The summed E-state index contributed by atoms with van der Waals surface area (Å²) >= 11 is 16.2. The zero-order valence-electron chi connectivity index (χ0n) is 37.3. The molecule has 2 aliphatic rings. The number of thiazole rings is 1. The highest BCUT2D eigenvalue weighted by atomic mass is 35.5. The van der Waals surface area contributed by atoms with Crippen molar-refractivity contribution >= 4 is 99.9 Å². The lowest BCUT2D eigenvalue weighted by Gasteiger charge is -2.28. The van der Waals surface area contributed by atoms with Crippen molar-refractivity contribution in [1.82, 2.24) is 5.32 Å². The average molecular weight is 999 g/mol. The maximum Gasteiger partial charge on any atom is 0.264 e. The number of nitrogens with zero attached hydrogens (tertiary/aromatic N) is 3. The number of benzene rings is 4. The second-order valence-electron chi connectivity index (χ2n) is 14.9. The molecule has 7 rings (SSSR count). The monoisotopic (exact) mass is 997 g/mol. The van der Waals surface area contributed by atoms with E-state index < -0.39 is 20.2 Å². The van der Waals surface area contributed by atoms with Crippen LogP contribution in [-0.2, 0) is 26.8 Å². The normalized spacial score (nSPS) is 15.1. The molecular weight excluding hydrogens is 940 g/mol. The third kappa shape index (κ3) is 15.3. The molecule has 0 saturated heterocycles. The maximum atomic E-state index is 11.4. The molecule has 65 heavy (non-hydrogen) atoms. The third-order valence-electron chi connectivity index (χ3n) is 10.3. The van der Waals surface area contributed by atoms with Crippen LogP contribution in [0.25, 0.3) is 16.3 Å². The molecule has 10 nitrogen and oxygen atoms in total. The molecule has 0 saturated carbocycles. The van der Waals surface area contributed by atoms with Crippen LogP contribution >= 0.6 is 46.3 Å². The Balaban J connectivity index is 0.00000106. The first kappa shape index (κ1) is 52.0. The summed E-state index contributed by atoms with van der Waals surface area (Å²) in [5.41, 5.74) is 7.30. The zero-order chi connectivity index (χ0) is 47.0. The van der Waals surface area contributed by atoms with Crippen LogP contribution in [-0.4, -0.2) is 57.1 Å². The van der Waals surface area contributed by atoms with Crippen LogP contribution in [0, 0.1) is 0 Å². The van der Waals surface area contributed by atoms with Crippen molar-refractivity contribution in [3.63, 3.8) is 0 Å². The van der Waals surface area contributed by atoms with Gasteiger partial charge >= 0.3 is 0 Å². The van der Waals surface area contributed by atoms with Crippen molar-refractivity contribution in [3.8, 4) is 0 Å². The van der Waals surface area contributed by atoms with Crippen molar-refractivity contribution in [3.05, 3.63) is 152 Å². The van der Waals surface area contributed by atoms with E-state index in [1.165, 1.54) is 0 Å². The topological polar surface area (TPSA) is 131 Å². The highest BCUT2D eigenvalue weighted by molar-refractivity contribution is 8.03. The summed E-state index contributed by atoms with van der Waals surface area (Å²) in [7, 11) is -8.10. The van der Waals surface area contributed by atoms with Gasteiger partial charge in [0, 0.05) is 51.4 Å². The van der Waals surface area contributed by atoms with Gasteiger partial charge in [-0.25, -0.2) is 0 Å². The van der Waals surface area contributed by atoms with E-state index in [1.54, 1.807) is 23.1 Å². The van der Waals surface area contributed by atoms with Crippen molar-refractivity contribution in [1.29, 1.82) is 0 Å². The summed E-state index contributed by atoms with van der Waals surface area (Å²) in [6, 6.07) is 32.2. The number of aromatic nitrogens is 1. The lowest BCUT2D eigenvalue weighted by atomic mass is 10.1. The lowest BCUT2D eigenvalue weighted by Crippen LogP contribution is -2.35. The Morgan fingerprint density at radius 2 is 1.35 bits per heavy atom. The highest BCUT2D eigenvalue weighted by Crippen LogP contribution is 2.48. The van der Waals surface area contributed by atoms with Gasteiger partial charge in [0.1, 0.15) is 4.70 Å². The number of anilines is 3. The van der Waals surface area contributed by atoms with Gasteiger partial charge in [0.25, 0.3) is 25.2 Å². The van der Waals surface area contributed by atoms with E-state index in [9.17, 15) is 25.9 Å². The number of fused-ring (bicyclic) bond motifs is 2. The quantitative estimate of drug-likeness (QED) is 0.0443. The Hall–Kier alpha value is -3.96.